The van der Waals surface area contributed by atoms with E-state index in [-0.39, 0.29) is 20.4 Å². The molecule has 2 N–H and O–H groups in total. The minimum absolute atomic E-state index is 0. The van der Waals surface area contributed by atoms with Gasteiger partial charge in [0.25, 0.3) is 0 Å². The third-order valence-corrected chi connectivity index (χ3v) is 0. The second-order valence-corrected chi connectivity index (χ2v) is 0.848. The first-order valence-corrected chi connectivity index (χ1v) is 1.95. The van der Waals surface area contributed by atoms with Crippen LogP contribution in [-0.2, 0) is 25.0 Å². The Bertz CT molecular complexity index is 29.9. The maximum atomic E-state index is 8.74. The van der Waals surface area contributed by atoms with Crippen LogP contribution in [0.5, 0.6) is 0 Å². The largest absolute Gasteiger partial charge is 0.326 e. The summed E-state index contributed by atoms with van der Waals surface area (Å²) in [4.78, 5) is 14.3. The molecule has 0 amide bonds. The van der Waals surface area contributed by atoms with Crippen molar-refractivity contribution in [3.8, 4) is 0 Å². The zero-order chi connectivity index (χ0) is 3.58. The second kappa shape index (κ2) is 4.81. The summed E-state index contributed by atoms with van der Waals surface area (Å²) in [5.41, 5.74) is 0. The van der Waals surface area contributed by atoms with Crippen molar-refractivity contribution in [3.05, 3.63) is 0 Å². The fourth-order valence-corrected chi connectivity index (χ4v) is 0. The minimum Gasteiger partial charge on any atom is -0.326 e. The van der Waals surface area contributed by atoms with Crippen molar-refractivity contribution in [3.63, 3.8) is 0 Å². The molecule has 0 spiro atoms. The van der Waals surface area contributed by atoms with Crippen LogP contribution in [0.2, 0.25) is 0 Å². The smallest absolute Gasteiger partial charge is 0.314 e. The fourth-order valence-electron chi connectivity index (χ4n) is 0. The van der Waals surface area contributed by atoms with Gasteiger partial charge < -0.3 is 9.79 Å². The summed E-state index contributed by atoms with van der Waals surface area (Å²) in [7, 11) is -3.13. The molecular formula is H3O3PPd. The summed E-state index contributed by atoms with van der Waals surface area (Å²) >= 11 is 0. The van der Waals surface area contributed by atoms with Crippen molar-refractivity contribution < 1.29 is 34.8 Å². The molecule has 0 saturated heterocycles. The van der Waals surface area contributed by atoms with Crippen LogP contribution in [0.1, 0.15) is 0 Å². The zero-order valence-corrected chi connectivity index (χ0v) is 4.67. The van der Waals surface area contributed by atoms with Crippen molar-refractivity contribution in [1.82, 2.24) is 0 Å². The Morgan fingerprint density at radius 2 is 1.40 bits per heavy atom. The van der Waals surface area contributed by atoms with Gasteiger partial charge in [0.1, 0.15) is 0 Å². The average Bonchev–Trinajstić information content (AvgIpc) is 0.811. The van der Waals surface area contributed by atoms with Crippen LogP contribution >= 0.6 is 8.25 Å². The third-order valence-electron chi connectivity index (χ3n) is 0. The fraction of sp³-hybridized carbons (Fsp3) is 0. The van der Waals surface area contributed by atoms with Crippen molar-refractivity contribution >= 4 is 8.25 Å². The Hall–Kier alpha value is 0.812. The summed E-state index contributed by atoms with van der Waals surface area (Å²) in [6.07, 6.45) is 0. The zero-order valence-electron chi connectivity index (χ0n) is 2.12. The van der Waals surface area contributed by atoms with Crippen molar-refractivity contribution in [2.45, 2.75) is 0 Å². The Balaban J connectivity index is 0. The van der Waals surface area contributed by atoms with Gasteiger partial charge >= 0.3 is 8.25 Å². The molecule has 0 aliphatic rings. The molecule has 5 heavy (non-hydrogen) atoms. The molecule has 0 saturated carbocycles. The van der Waals surface area contributed by atoms with Crippen molar-refractivity contribution in [2.75, 3.05) is 0 Å². The Morgan fingerprint density at radius 3 is 1.40 bits per heavy atom. The normalized spacial score (nSPS) is 7.00. The van der Waals surface area contributed by atoms with E-state index < -0.39 is 8.25 Å². The monoisotopic (exact) mass is 188 g/mol. The quantitative estimate of drug-likeness (QED) is 0.393. The van der Waals surface area contributed by atoms with Gasteiger partial charge in [0.15, 0.2) is 0 Å². The summed E-state index contributed by atoms with van der Waals surface area (Å²) in [6.45, 7) is 0. The van der Waals surface area contributed by atoms with E-state index in [1.807, 2.05) is 0 Å². The molecule has 0 aromatic heterocycles. The van der Waals surface area contributed by atoms with Gasteiger partial charge in [0.2, 0.25) is 0 Å². The van der Waals surface area contributed by atoms with E-state index in [1.165, 1.54) is 0 Å². The molecule has 36 valence electrons. The molecule has 0 aromatic carbocycles. The summed E-state index contributed by atoms with van der Waals surface area (Å²) < 4.78 is 8.74. The number of hydrogen-bond acceptors (Lipinski definition) is 1. The molecule has 0 rings (SSSR count). The van der Waals surface area contributed by atoms with E-state index >= 15 is 0 Å². The summed E-state index contributed by atoms with van der Waals surface area (Å²) in [5.74, 6) is 0. The Labute approximate surface area is 43.6 Å². The van der Waals surface area contributed by atoms with Gasteiger partial charge in [-0.15, -0.1) is 0 Å². The maximum Gasteiger partial charge on any atom is 0.314 e. The van der Waals surface area contributed by atoms with Gasteiger partial charge in [0.05, 0.1) is 0 Å². The molecule has 0 radical (unpaired) electrons. The van der Waals surface area contributed by atoms with Crippen LogP contribution in [0.15, 0.2) is 0 Å². The first-order valence-electron chi connectivity index (χ1n) is 0.651. The summed E-state index contributed by atoms with van der Waals surface area (Å²) in [6, 6.07) is 0. The van der Waals surface area contributed by atoms with E-state index in [4.69, 9.17) is 14.4 Å². The molecule has 0 fully saturated rings. The molecule has 0 atom stereocenters. The predicted molar refractivity (Wildman–Crippen MR) is 13.4 cm³/mol. The SMILES string of the molecule is O=[PH](O)O.[Pd]. The molecule has 0 heterocycles. The van der Waals surface area contributed by atoms with Crippen LogP contribution in [-0.4, -0.2) is 9.79 Å². The van der Waals surface area contributed by atoms with Gasteiger partial charge in [-0.3, -0.25) is 4.57 Å². The van der Waals surface area contributed by atoms with Crippen LogP contribution in [0.25, 0.3) is 0 Å². The van der Waals surface area contributed by atoms with Crippen LogP contribution in [0, 0.1) is 0 Å². The molecular weight excluding hydrogens is 185 g/mol. The Kier molecular flexibility index (Phi) is 8.91. The molecule has 0 aliphatic carbocycles. The number of hydrogen-bond donors (Lipinski definition) is 2. The molecule has 0 aromatic rings. The van der Waals surface area contributed by atoms with Crippen LogP contribution in [0.4, 0.5) is 0 Å². The van der Waals surface area contributed by atoms with Gasteiger partial charge in [0, 0.05) is 20.4 Å². The summed E-state index contributed by atoms with van der Waals surface area (Å²) in [5, 5.41) is 0. The second-order valence-electron chi connectivity index (χ2n) is 0.283. The number of rotatable bonds is 0. The van der Waals surface area contributed by atoms with E-state index in [0.717, 1.165) is 0 Å². The minimum atomic E-state index is -3.13. The van der Waals surface area contributed by atoms with E-state index in [0.29, 0.717) is 0 Å². The van der Waals surface area contributed by atoms with E-state index in [1.54, 1.807) is 0 Å². The Morgan fingerprint density at radius 1 is 1.40 bits per heavy atom. The third kappa shape index (κ3) is 57.7. The van der Waals surface area contributed by atoms with Crippen molar-refractivity contribution in [2.24, 2.45) is 0 Å². The van der Waals surface area contributed by atoms with Gasteiger partial charge in [-0.05, 0) is 0 Å². The topological polar surface area (TPSA) is 57.5 Å². The van der Waals surface area contributed by atoms with Gasteiger partial charge in [-0.25, -0.2) is 0 Å². The van der Waals surface area contributed by atoms with E-state index in [2.05, 4.69) is 0 Å². The van der Waals surface area contributed by atoms with Crippen molar-refractivity contribution in [1.29, 1.82) is 0 Å². The molecule has 0 unspecified atom stereocenters. The average molecular weight is 188 g/mol. The molecule has 5 heteroatoms. The molecule has 0 aliphatic heterocycles. The first kappa shape index (κ1) is 9.26. The van der Waals surface area contributed by atoms with Crippen LogP contribution < -0.4 is 0 Å². The molecule has 0 bridgehead atoms. The molecule has 3 nitrogen and oxygen atoms in total. The predicted octanol–water partition coefficient (Wildman–Crippen LogP) is -0.642. The van der Waals surface area contributed by atoms with Crippen LogP contribution in [0.3, 0.4) is 0 Å². The first-order chi connectivity index (χ1) is 1.73. The standard InChI is InChI=1S/H3O3P.Pd/c1-4(2)3;/h4H,(H2,1,2,3);. The van der Waals surface area contributed by atoms with Gasteiger partial charge in [-0.1, -0.05) is 0 Å². The maximum absolute atomic E-state index is 8.74. The van der Waals surface area contributed by atoms with Gasteiger partial charge in [-0.2, -0.15) is 0 Å². The van der Waals surface area contributed by atoms with E-state index in [9.17, 15) is 0 Å².